The second-order valence-corrected chi connectivity index (χ2v) is 5.86. The van der Waals surface area contributed by atoms with Gasteiger partial charge < -0.3 is 10.6 Å². The van der Waals surface area contributed by atoms with Crippen molar-refractivity contribution in [3.63, 3.8) is 0 Å². The second-order valence-electron chi connectivity index (χ2n) is 5.86. The van der Waals surface area contributed by atoms with Crippen LogP contribution in [0.5, 0.6) is 0 Å². The van der Waals surface area contributed by atoms with Gasteiger partial charge >= 0.3 is 12.4 Å². The Morgan fingerprint density at radius 3 is 2.00 bits per heavy atom. The largest absolute Gasteiger partial charge is 0.416 e. The lowest BCUT2D eigenvalue weighted by atomic mass is 10.1. The Balaban J connectivity index is 3.19. The third kappa shape index (κ3) is 7.19. The van der Waals surface area contributed by atoms with Crippen molar-refractivity contribution < 1.29 is 31.3 Å². The van der Waals surface area contributed by atoms with Crippen LogP contribution < -0.4 is 10.6 Å². The summed E-state index contributed by atoms with van der Waals surface area (Å²) in [5.74, 6) is -0.0761. The molecular weight excluding hydrogens is 368 g/mol. The van der Waals surface area contributed by atoms with Crippen LogP contribution in [0, 0.1) is 16.0 Å². The Hall–Kier alpha value is -2.46. The lowest BCUT2D eigenvalue weighted by Crippen LogP contribution is -2.23. The highest BCUT2D eigenvalue weighted by Gasteiger charge is 2.37. The molecule has 26 heavy (non-hydrogen) atoms. The van der Waals surface area contributed by atoms with Gasteiger partial charge in [0.05, 0.1) is 16.1 Å². The SMILES string of the molecule is CC(C)CCN/C(=C/[N+](=O)[O-])Nc1cc(C(F)(F)F)cc(C(F)(F)F)c1. The normalized spacial score (nSPS) is 13.0. The van der Waals surface area contributed by atoms with Gasteiger partial charge in [-0.3, -0.25) is 10.1 Å². The van der Waals surface area contributed by atoms with Gasteiger partial charge in [-0.1, -0.05) is 13.8 Å². The predicted octanol–water partition coefficient (Wildman–Crippen LogP) is 4.85. The van der Waals surface area contributed by atoms with E-state index in [9.17, 15) is 36.5 Å². The molecule has 11 heteroatoms. The molecule has 0 aliphatic rings. The summed E-state index contributed by atoms with van der Waals surface area (Å²) in [7, 11) is 0. The Morgan fingerprint density at radius 1 is 1.12 bits per heavy atom. The fourth-order valence-corrected chi connectivity index (χ4v) is 1.91. The summed E-state index contributed by atoms with van der Waals surface area (Å²) in [4.78, 5) is 9.77. The number of halogens is 6. The molecule has 0 bridgehead atoms. The summed E-state index contributed by atoms with van der Waals surface area (Å²) in [6.45, 7) is 4.01. The first kappa shape index (κ1) is 21.6. The molecule has 0 unspecified atom stereocenters. The van der Waals surface area contributed by atoms with Crippen LogP contribution in [0.15, 0.2) is 30.2 Å². The predicted molar refractivity (Wildman–Crippen MR) is 82.6 cm³/mol. The van der Waals surface area contributed by atoms with Gasteiger partial charge in [0.15, 0.2) is 5.82 Å². The lowest BCUT2D eigenvalue weighted by Gasteiger charge is -2.17. The first-order valence-electron chi connectivity index (χ1n) is 7.44. The van der Waals surface area contributed by atoms with Crippen LogP contribution >= 0.6 is 0 Å². The van der Waals surface area contributed by atoms with Crippen molar-refractivity contribution in [1.29, 1.82) is 0 Å². The smallest absolute Gasteiger partial charge is 0.366 e. The van der Waals surface area contributed by atoms with E-state index in [2.05, 4.69) is 10.6 Å². The van der Waals surface area contributed by atoms with E-state index in [0.29, 0.717) is 24.8 Å². The van der Waals surface area contributed by atoms with Crippen molar-refractivity contribution in [1.82, 2.24) is 5.32 Å². The van der Waals surface area contributed by atoms with E-state index >= 15 is 0 Å². The van der Waals surface area contributed by atoms with Crippen LogP contribution in [0.3, 0.4) is 0 Å². The minimum Gasteiger partial charge on any atom is -0.366 e. The van der Waals surface area contributed by atoms with Crippen LogP contribution in [-0.4, -0.2) is 11.5 Å². The molecule has 0 radical (unpaired) electrons. The first-order valence-corrected chi connectivity index (χ1v) is 7.44. The van der Waals surface area contributed by atoms with Gasteiger partial charge in [-0.25, -0.2) is 0 Å². The van der Waals surface area contributed by atoms with Gasteiger partial charge in [-0.2, -0.15) is 26.3 Å². The Labute approximate surface area is 145 Å². The van der Waals surface area contributed by atoms with Gasteiger partial charge in [0.25, 0.3) is 6.20 Å². The third-order valence-electron chi connectivity index (χ3n) is 3.14. The molecule has 5 nitrogen and oxygen atoms in total. The molecule has 2 N–H and O–H groups in total. The highest BCUT2D eigenvalue weighted by Crippen LogP contribution is 2.37. The Morgan fingerprint density at radius 2 is 1.62 bits per heavy atom. The molecule has 1 aromatic rings. The van der Waals surface area contributed by atoms with Crippen LogP contribution in [0.1, 0.15) is 31.4 Å². The topological polar surface area (TPSA) is 67.2 Å². The summed E-state index contributed by atoms with van der Waals surface area (Å²) in [6.07, 6.45) is -8.98. The van der Waals surface area contributed by atoms with Crippen LogP contribution in [0.4, 0.5) is 32.0 Å². The number of anilines is 1. The van der Waals surface area contributed by atoms with Crippen LogP contribution in [-0.2, 0) is 12.4 Å². The summed E-state index contributed by atoms with van der Waals surface area (Å²) >= 11 is 0. The Kier molecular flexibility index (Phi) is 6.87. The Bertz CT molecular complexity index is 636. The third-order valence-corrected chi connectivity index (χ3v) is 3.14. The number of hydrogen-bond donors (Lipinski definition) is 2. The van der Waals surface area contributed by atoms with Crippen molar-refractivity contribution in [2.45, 2.75) is 32.6 Å². The van der Waals surface area contributed by atoms with E-state index in [1.807, 2.05) is 13.8 Å². The monoisotopic (exact) mass is 385 g/mol. The molecule has 146 valence electrons. The molecule has 1 aromatic carbocycles. The van der Waals surface area contributed by atoms with Gasteiger partial charge in [-0.15, -0.1) is 0 Å². The average molecular weight is 385 g/mol. The second kappa shape index (κ2) is 8.28. The summed E-state index contributed by atoms with van der Waals surface area (Å²) in [5, 5.41) is 15.4. The molecule has 0 aliphatic carbocycles. The molecule has 0 aromatic heterocycles. The fraction of sp³-hybridized carbons (Fsp3) is 0.467. The molecule has 0 atom stereocenters. The van der Waals surface area contributed by atoms with E-state index in [1.54, 1.807) is 0 Å². The molecule has 0 saturated heterocycles. The maximum absolute atomic E-state index is 12.8. The van der Waals surface area contributed by atoms with Gasteiger partial charge in [0.1, 0.15) is 0 Å². The van der Waals surface area contributed by atoms with Crippen LogP contribution in [0.2, 0.25) is 0 Å². The van der Waals surface area contributed by atoms with E-state index in [-0.39, 0.29) is 24.4 Å². The molecule has 1 rings (SSSR count). The number of hydrogen-bond acceptors (Lipinski definition) is 4. The number of nitro groups is 1. The van der Waals surface area contributed by atoms with Crippen molar-refractivity contribution >= 4 is 5.69 Å². The zero-order chi connectivity index (χ0) is 20.1. The van der Waals surface area contributed by atoms with Crippen molar-refractivity contribution in [2.75, 3.05) is 11.9 Å². The number of rotatable bonds is 7. The maximum Gasteiger partial charge on any atom is 0.416 e. The fourth-order valence-electron chi connectivity index (χ4n) is 1.91. The highest BCUT2D eigenvalue weighted by atomic mass is 19.4. The standard InChI is InChI=1S/C15H17F6N3O2/c1-9(2)3-4-22-13(8-24(25)26)23-12-6-10(14(16,17)18)5-11(7-12)15(19,20)21/h5-9,22-23H,3-4H2,1-2H3/b13-8-. The molecular formula is C15H17F6N3O2. The first-order chi connectivity index (χ1) is 11.8. The van der Waals surface area contributed by atoms with E-state index in [4.69, 9.17) is 0 Å². The molecule has 0 heterocycles. The van der Waals surface area contributed by atoms with Crippen molar-refractivity contribution in [3.8, 4) is 0 Å². The number of nitrogens with one attached hydrogen (secondary N) is 2. The summed E-state index contributed by atoms with van der Waals surface area (Å²) in [5.41, 5.74) is -3.60. The maximum atomic E-state index is 12.8. The van der Waals surface area contributed by atoms with Crippen LogP contribution in [0.25, 0.3) is 0 Å². The number of nitrogens with zero attached hydrogens (tertiary/aromatic N) is 1. The lowest BCUT2D eigenvalue weighted by molar-refractivity contribution is -0.403. The number of benzene rings is 1. The quantitative estimate of drug-likeness (QED) is 0.400. The molecule has 0 saturated carbocycles. The van der Waals surface area contributed by atoms with Crippen molar-refractivity contribution in [3.05, 3.63) is 51.5 Å². The van der Waals surface area contributed by atoms with Gasteiger partial charge in [0, 0.05) is 12.2 Å². The average Bonchev–Trinajstić information content (AvgIpc) is 2.43. The highest BCUT2D eigenvalue weighted by molar-refractivity contribution is 5.53. The molecule has 0 fully saturated rings. The van der Waals surface area contributed by atoms with E-state index in [1.165, 1.54) is 0 Å². The zero-order valence-corrected chi connectivity index (χ0v) is 13.8. The van der Waals surface area contributed by atoms with E-state index in [0.717, 1.165) is 0 Å². The summed E-state index contributed by atoms with van der Waals surface area (Å²) < 4.78 is 77.0. The minimum atomic E-state index is -5.00. The van der Waals surface area contributed by atoms with Gasteiger partial charge in [0.2, 0.25) is 0 Å². The minimum absolute atomic E-state index is 0.0196. The van der Waals surface area contributed by atoms with E-state index < -0.39 is 34.1 Å². The van der Waals surface area contributed by atoms with Crippen molar-refractivity contribution in [2.24, 2.45) is 5.92 Å². The zero-order valence-electron chi connectivity index (χ0n) is 13.8. The number of alkyl halides is 6. The van der Waals surface area contributed by atoms with Gasteiger partial charge in [-0.05, 0) is 30.5 Å². The summed E-state index contributed by atoms with van der Waals surface area (Å²) in [6, 6.07) is 0.883. The molecule has 0 amide bonds. The molecule has 0 aliphatic heterocycles. The molecule has 0 spiro atoms.